The Morgan fingerprint density at radius 1 is 1.08 bits per heavy atom. The molecule has 4 rings (SSSR count). The lowest BCUT2D eigenvalue weighted by Crippen LogP contribution is -2.49. The number of aromatic nitrogens is 1. The lowest BCUT2D eigenvalue weighted by atomic mass is 10.1. The third kappa shape index (κ3) is 3.11. The lowest BCUT2D eigenvalue weighted by molar-refractivity contribution is 0.166. The number of rotatable bonds is 5. The van der Waals surface area contributed by atoms with Gasteiger partial charge < -0.3 is 4.52 Å². The molecule has 2 aliphatic rings. The molecule has 0 amide bonds. The third-order valence-corrected chi connectivity index (χ3v) is 7.28. The molecule has 1 saturated carbocycles. The SMILES string of the molecule is O=S(=O)([C@@H]1C[C@H]1c1ccccc1)N1CCN(Cc2ccno2)CC1. The minimum absolute atomic E-state index is 0.156. The molecule has 128 valence electrons. The summed E-state index contributed by atoms with van der Waals surface area (Å²) in [4.78, 5) is 2.20. The van der Waals surface area contributed by atoms with E-state index in [1.54, 1.807) is 10.5 Å². The molecule has 0 radical (unpaired) electrons. The van der Waals surface area contributed by atoms with E-state index in [-0.39, 0.29) is 11.2 Å². The summed E-state index contributed by atoms with van der Waals surface area (Å²) >= 11 is 0. The fraction of sp³-hybridized carbons (Fsp3) is 0.471. The molecule has 0 spiro atoms. The van der Waals surface area contributed by atoms with Gasteiger partial charge >= 0.3 is 0 Å². The van der Waals surface area contributed by atoms with E-state index in [1.165, 1.54) is 0 Å². The number of benzene rings is 1. The van der Waals surface area contributed by atoms with Crippen molar-refractivity contribution in [2.75, 3.05) is 26.2 Å². The Morgan fingerprint density at radius 2 is 1.83 bits per heavy atom. The van der Waals surface area contributed by atoms with Gasteiger partial charge in [0.1, 0.15) is 0 Å². The maximum atomic E-state index is 12.8. The van der Waals surface area contributed by atoms with Crippen molar-refractivity contribution >= 4 is 10.0 Å². The molecule has 1 aliphatic heterocycles. The highest BCUT2D eigenvalue weighted by molar-refractivity contribution is 7.90. The zero-order chi connectivity index (χ0) is 16.6. The van der Waals surface area contributed by atoms with Crippen molar-refractivity contribution in [2.24, 2.45) is 0 Å². The second-order valence-corrected chi connectivity index (χ2v) is 8.64. The van der Waals surface area contributed by atoms with Gasteiger partial charge in [0.2, 0.25) is 10.0 Å². The first-order valence-electron chi connectivity index (χ1n) is 8.30. The fourth-order valence-corrected chi connectivity index (χ4v) is 5.51. The first-order chi connectivity index (χ1) is 11.6. The van der Waals surface area contributed by atoms with Crippen LogP contribution in [-0.2, 0) is 16.6 Å². The number of hydrogen-bond donors (Lipinski definition) is 0. The number of sulfonamides is 1. The second kappa shape index (κ2) is 6.31. The van der Waals surface area contributed by atoms with Crippen LogP contribution in [0.15, 0.2) is 47.1 Å². The van der Waals surface area contributed by atoms with Gasteiger partial charge in [-0.05, 0) is 12.0 Å². The van der Waals surface area contributed by atoms with E-state index in [0.717, 1.165) is 30.8 Å². The molecule has 6 nitrogen and oxygen atoms in total. The van der Waals surface area contributed by atoms with Crippen molar-refractivity contribution < 1.29 is 12.9 Å². The van der Waals surface area contributed by atoms with Gasteiger partial charge in [-0.15, -0.1) is 0 Å². The van der Waals surface area contributed by atoms with Gasteiger partial charge in [-0.2, -0.15) is 4.31 Å². The predicted molar refractivity (Wildman–Crippen MR) is 89.9 cm³/mol. The van der Waals surface area contributed by atoms with Gasteiger partial charge in [0.05, 0.1) is 18.0 Å². The monoisotopic (exact) mass is 347 g/mol. The first kappa shape index (κ1) is 15.8. The number of hydrogen-bond acceptors (Lipinski definition) is 5. The van der Waals surface area contributed by atoms with Crippen molar-refractivity contribution in [1.82, 2.24) is 14.4 Å². The zero-order valence-corrected chi connectivity index (χ0v) is 14.2. The summed E-state index contributed by atoms with van der Waals surface area (Å²) in [6.45, 7) is 3.23. The average molecular weight is 347 g/mol. The predicted octanol–water partition coefficient (Wildman–Crippen LogP) is 1.68. The Bertz CT molecular complexity index is 769. The van der Waals surface area contributed by atoms with E-state index in [0.29, 0.717) is 19.6 Å². The van der Waals surface area contributed by atoms with Crippen molar-refractivity contribution in [2.45, 2.75) is 24.1 Å². The van der Waals surface area contributed by atoms with Gasteiger partial charge in [-0.25, -0.2) is 8.42 Å². The van der Waals surface area contributed by atoms with Crippen LogP contribution in [0.3, 0.4) is 0 Å². The largest absolute Gasteiger partial charge is 0.360 e. The van der Waals surface area contributed by atoms with Crippen LogP contribution < -0.4 is 0 Å². The van der Waals surface area contributed by atoms with Crippen LogP contribution >= 0.6 is 0 Å². The van der Waals surface area contributed by atoms with Crippen LogP contribution in [0.5, 0.6) is 0 Å². The molecular weight excluding hydrogens is 326 g/mol. The normalized spacial score (nSPS) is 25.7. The quantitative estimate of drug-likeness (QED) is 0.823. The van der Waals surface area contributed by atoms with E-state index >= 15 is 0 Å². The molecule has 1 aromatic carbocycles. The number of nitrogens with zero attached hydrogens (tertiary/aromatic N) is 3. The molecule has 2 heterocycles. The van der Waals surface area contributed by atoms with E-state index in [4.69, 9.17) is 4.52 Å². The third-order valence-electron chi connectivity index (χ3n) is 4.90. The molecule has 2 atom stereocenters. The van der Waals surface area contributed by atoms with Gasteiger partial charge in [0, 0.05) is 38.2 Å². The summed E-state index contributed by atoms with van der Waals surface area (Å²) in [5, 5.41) is 3.45. The van der Waals surface area contributed by atoms with Gasteiger partial charge in [-0.1, -0.05) is 35.5 Å². The summed E-state index contributed by atoms with van der Waals surface area (Å²) in [7, 11) is -3.20. The maximum Gasteiger partial charge on any atom is 0.217 e. The van der Waals surface area contributed by atoms with Crippen LogP contribution in [0.1, 0.15) is 23.7 Å². The summed E-state index contributed by atoms with van der Waals surface area (Å²) in [5.74, 6) is 0.973. The highest BCUT2D eigenvalue weighted by atomic mass is 32.2. The van der Waals surface area contributed by atoms with E-state index in [1.807, 2.05) is 36.4 Å². The van der Waals surface area contributed by atoms with Crippen LogP contribution in [0.25, 0.3) is 0 Å². The Hall–Kier alpha value is -1.70. The Labute approximate surface area is 142 Å². The summed E-state index contributed by atoms with van der Waals surface area (Å²) in [6.07, 6.45) is 2.37. The molecule has 0 N–H and O–H groups in total. The van der Waals surface area contributed by atoms with Crippen LogP contribution in [0, 0.1) is 0 Å². The second-order valence-electron chi connectivity index (χ2n) is 6.49. The molecule has 0 unspecified atom stereocenters. The molecule has 24 heavy (non-hydrogen) atoms. The van der Waals surface area contributed by atoms with Gasteiger partial charge in [0.15, 0.2) is 5.76 Å². The van der Waals surface area contributed by atoms with Crippen LogP contribution in [-0.4, -0.2) is 54.2 Å². The van der Waals surface area contributed by atoms with E-state index in [2.05, 4.69) is 10.1 Å². The minimum atomic E-state index is -3.20. The van der Waals surface area contributed by atoms with Crippen molar-refractivity contribution in [3.63, 3.8) is 0 Å². The van der Waals surface area contributed by atoms with E-state index < -0.39 is 10.0 Å². The van der Waals surface area contributed by atoms with Gasteiger partial charge in [0.25, 0.3) is 0 Å². The molecule has 0 bridgehead atoms. The molecule has 2 aromatic rings. The molecule has 1 aromatic heterocycles. The standard InChI is InChI=1S/C17H21N3O3S/c21-24(22,17-12-16(17)14-4-2-1-3-5-14)20-10-8-19(9-11-20)13-15-6-7-18-23-15/h1-7,16-17H,8-13H2/t16-,17+/m0/s1. The van der Waals surface area contributed by atoms with Crippen LogP contribution in [0.2, 0.25) is 0 Å². The number of piperazine rings is 1. The smallest absolute Gasteiger partial charge is 0.217 e. The zero-order valence-electron chi connectivity index (χ0n) is 13.4. The van der Waals surface area contributed by atoms with E-state index in [9.17, 15) is 8.42 Å². The summed E-state index contributed by atoms with van der Waals surface area (Å²) < 4.78 is 32.5. The van der Waals surface area contributed by atoms with Crippen LogP contribution in [0.4, 0.5) is 0 Å². The molecule has 7 heteroatoms. The topological polar surface area (TPSA) is 66.7 Å². The maximum absolute atomic E-state index is 12.8. The van der Waals surface area contributed by atoms with Gasteiger partial charge in [-0.3, -0.25) is 4.90 Å². The Kier molecular flexibility index (Phi) is 4.15. The minimum Gasteiger partial charge on any atom is -0.360 e. The fourth-order valence-electron chi connectivity index (χ4n) is 3.43. The molecule has 1 saturated heterocycles. The molecule has 1 aliphatic carbocycles. The van der Waals surface area contributed by atoms with Crippen molar-refractivity contribution in [3.05, 3.63) is 53.9 Å². The average Bonchev–Trinajstić information content (AvgIpc) is 3.28. The highest BCUT2D eigenvalue weighted by Crippen LogP contribution is 2.47. The Morgan fingerprint density at radius 3 is 2.50 bits per heavy atom. The molecular formula is C17H21N3O3S. The summed E-state index contributed by atoms with van der Waals surface area (Å²) in [5.41, 5.74) is 1.13. The Balaban J connectivity index is 1.35. The summed E-state index contributed by atoms with van der Waals surface area (Å²) in [6, 6.07) is 11.8. The lowest BCUT2D eigenvalue weighted by Gasteiger charge is -2.33. The van der Waals surface area contributed by atoms with Crippen molar-refractivity contribution in [3.8, 4) is 0 Å². The van der Waals surface area contributed by atoms with Crippen molar-refractivity contribution in [1.29, 1.82) is 0 Å². The first-order valence-corrected chi connectivity index (χ1v) is 9.81. The highest BCUT2D eigenvalue weighted by Gasteiger charge is 2.50. The molecule has 2 fully saturated rings.